The van der Waals surface area contributed by atoms with Gasteiger partial charge in [-0.05, 0) is 23.9 Å². The Morgan fingerprint density at radius 2 is 2.10 bits per heavy atom. The molecule has 2 aromatic heterocycles. The van der Waals surface area contributed by atoms with Gasteiger partial charge in [-0.25, -0.2) is 4.79 Å². The smallest absolute Gasteiger partial charge is 0.333 e. The van der Waals surface area contributed by atoms with Crippen LogP contribution in [0.3, 0.4) is 0 Å². The van der Waals surface area contributed by atoms with Gasteiger partial charge in [0.25, 0.3) is 5.91 Å². The third kappa shape index (κ3) is 3.40. The molecule has 1 unspecified atom stereocenters. The second kappa shape index (κ2) is 6.79. The van der Waals surface area contributed by atoms with Crippen molar-refractivity contribution in [2.24, 2.45) is 0 Å². The topological polar surface area (TPSA) is 55.4 Å². The van der Waals surface area contributed by atoms with Crippen LogP contribution in [0.1, 0.15) is 26.2 Å². The zero-order chi connectivity index (χ0) is 15.6. The Labute approximate surface area is 139 Å². The van der Waals surface area contributed by atoms with E-state index in [9.17, 15) is 9.59 Å². The van der Waals surface area contributed by atoms with Crippen LogP contribution in [0.2, 0.25) is 9.36 Å². The molecule has 0 aromatic carbocycles. The molecular weight excluding hydrogens is 353 g/mol. The molecule has 0 aliphatic rings. The van der Waals surface area contributed by atoms with Crippen molar-refractivity contribution in [1.29, 1.82) is 0 Å². The van der Waals surface area contributed by atoms with Crippen molar-refractivity contribution in [2.45, 2.75) is 13.0 Å². The van der Waals surface area contributed by atoms with Gasteiger partial charge in [-0.3, -0.25) is 4.79 Å². The minimum atomic E-state index is -0.846. The number of carbonyl (C=O) groups is 2. The summed E-state index contributed by atoms with van der Waals surface area (Å²) < 4.78 is 5.09. The van der Waals surface area contributed by atoms with Gasteiger partial charge >= 0.3 is 5.97 Å². The maximum Gasteiger partial charge on any atom is 0.333 e. The van der Waals surface area contributed by atoms with Crippen molar-refractivity contribution < 1.29 is 14.3 Å². The van der Waals surface area contributed by atoms with Crippen molar-refractivity contribution in [3.8, 4) is 0 Å². The highest BCUT2D eigenvalue weighted by molar-refractivity contribution is 7.19. The molecule has 0 spiro atoms. The van der Waals surface area contributed by atoms with E-state index in [1.807, 2.05) is 5.38 Å². The van der Waals surface area contributed by atoms with Gasteiger partial charge in [0.2, 0.25) is 0 Å². The fourth-order valence-corrected chi connectivity index (χ4v) is 3.92. The average molecular weight is 364 g/mol. The van der Waals surface area contributed by atoms with E-state index in [4.69, 9.17) is 27.9 Å². The first kappa shape index (κ1) is 16.3. The Bertz CT molecular complexity index is 667. The zero-order valence-corrected chi connectivity index (χ0v) is 14.3. The molecule has 0 aliphatic heterocycles. The van der Waals surface area contributed by atoms with Crippen LogP contribution in [-0.4, -0.2) is 19.0 Å². The third-order valence-corrected chi connectivity index (χ3v) is 5.90. The van der Waals surface area contributed by atoms with Gasteiger partial charge in [-0.15, -0.1) is 22.7 Å². The summed E-state index contributed by atoms with van der Waals surface area (Å²) in [6, 6.07) is 2.71. The molecule has 1 N–H and O–H groups in total. The fraction of sp³-hybridized carbons (Fsp3) is 0.231. The lowest BCUT2D eigenvalue weighted by atomic mass is 10.2. The number of halogens is 2. The molecule has 0 saturated heterocycles. The van der Waals surface area contributed by atoms with Crippen molar-refractivity contribution in [3.05, 3.63) is 42.2 Å². The van der Waals surface area contributed by atoms with E-state index >= 15 is 0 Å². The lowest BCUT2D eigenvalue weighted by molar-refractivity contribution is -0.143. The van der Waals surface area contributed by atoms with E-state index in [2.05, 4.69) is 5.32 Å². The van der Waals surface area contributed by atoms with Gasteiger partial charge in [0.05, 0.1) is 17.0 Å². The number of thiophene rings is 2. The first-order chi connectivity index (χ1) is 9.95. The number of esters is 1. The molecule has 1 amide bonds. The van der Waals surface area contributed by atoms with E-state index in [1.54, 1.807) is 19.1 Å². The lowest BCUT2D eigenvalue weighted by Gasteiger charge is -2.14. The van der Waals surface area contributed by atoms with Crippen LogP contribution in [-0.2, 0) is 9.53 Å². The molecule has 4 nitrogen and oxygen atoms in total. The molecule has 0 bridgehead atoms. The van der Waals surface area contributed by atoms with Crippen LogP contribution < -0.4 is 5.32 Å². The molecular formula is C13H11Cl2NO3S2. The second-order valence-corrected chi connectivity index (χ2v) is 7.07. The second-order valence-electron chi connectivity index (χ2n) is 4.09. The lowest BCUT2D eigenvalue weighted by Crippen LogP contribution is -2.33. The van der Waals surface area contributed by atoms with Gasteiger partial charge in [0.15, 0.2) is 6.04 Å². The molecule has 112 valence electrons. The van der Waals surface area contributed by atoms with E-state index in [0.717, 1.165) is 11.3 Å². The number of amides is 1. The summed E-state index contributed by atoms with van der Waals surface area (Å²) in [5.74, 6) is -0.938. The number of hydrogen-bond donors (Lipinski definition) is 1. The highest BCUT2D eigenvalue weighted by Gasteiger charge is 2.27. The number of carbonyl (C=O) groups excluding carboxylic acids is 2. The first-order valence-electron chi connectivity index (χ1n) is 5.82. The highest BCUT2D eigenvalue weighted by Crippen LogP contribution is 2.36. The van der Waals surface area contributed by atoms with Crippen LogP contribution in [0.25, 0.3) is 0 Å². The third-order valence-electron chi connectivity index (χ3n) is 2.78. The summed E-state index contributed by atoms with van der Waals surface area (Å²) in [5, 5.41) is 4.84. The van der Waals surface area contributed by atoms with Crippen LogP contribution >= 0.6 is 45.9 Å². The summed E-state index contributed by atoms with van der Waals surface area (Å²) in [4.78, 5) is 25.3. The minimum Gasteiger partial charge on any atom is -0.467 e. The maximum atomic E-state index is 12.3. The Morgan fingerprint density at radius 3 is 2.57 bits per heavy atom. The van der Waals surface area contributed by atoms with Gasteiger partial charge in [-0.1, -0.05) is 29.3 Å². The van der Waals surface area contributed by atoms with Crippen LogP contribution in [0, 0.1) is 6.92 Å². The molecule has 0 fully saturated rings. The number of rotatable bonds is 4. The maximum absolute atomic E-state index is 12.3. The zero-order valence-electron chi connectivity index (χ0n) is 11.1. The predicted molar refractivity (Wildman–Crippen MR) is 85.6 cm³/mol. The molecule has 8 heteroatoms. The molecule has 2 aromatic rings. The fourth-order valence-electron chi connectivity index (χ4n) is 1.69. The van der Waals surface area contributed by atoms with E-state index < -0.39 is 17.9 Å². The summed E-state index contributed by atoms with van der Waals surface area (Å²) in [6.45, 7) is 1.71. The standard InChI is InChI=1S/C13H11Cl2NO3S2/c1-6-8(14)11(15)21-10(6)12(17)16-9(13(18)19-2)7-4-3-5-20-7/h3-5,9H,1-2H3,(H,16,17). The molecule has 2 rings (SSSR count). The summed E-state index contributed by atoms with van der Waals surface area (Å²) in [6.07, 6.45) is 0. The normalized spacial score (nSPS) is 12.0. The van der Waals surface area contributed by atoms with Crippen molar-refractivity contribution in [3.63, 3.8) is 0 Å². The Balaban J connectivity index is 2.26. The average Bonchev–Trinajstić information content (AvgIpc) is 3.08. The van der Waals surface area contributed by atoms with Crippen molar-refractivity contribution in [1.82, 2.24) is 5.32 Å². The summed E-state index contributed by atoms with van der Waals surface area (Å²) in [7, 11) is 1.28. The van der Waals surface area contributed by atoms with Gasteiger partial charge in [0, 0.05) is 4.88 Å². The molecule has 0 aliphatic carbocycles. The number of nitrogens with one attached hydrogen (secondary N) is 1. The van der Waals surface area contributed by atoms with Crippen LogP contribution in [0.4, 0.5) is 0 Å². The van der Waals surface area contributed by atoms with Crippen LogP contribution in [0.15, 0.2) is 17.5 Å². The molecule has 2 heterocycles. The minimum absolute atomic E-state index is 0.352. The van der Waals surface area contributed by atoms with Crippen molar-refractivity contribution in [2.75, 3.05) is 7.11 Å². The monoisotopic (exact) mass is 363 g/mol. The summed E-state index contributed by atoms with van der Waals surface area (Å²) in [5.41, 5.74) is 0.596. The van der Waals surface area contributed by atoms with E-state index in [-0.39, 0.29) is 0 Å². The number of methoxy groups -OCH3 is 1. The number of hydrogen-bond acceptors (Lipinski definition) is 5. The summed E-state index contributed by atoms with van der Waals surface area (Å²) >= 11 is 14.3. The predicted octanol–water partition coefficient (Wildman–Crippen LogP) is 4.07. The molecule has 0 radical (unpaired) electrons. The largest absolute Gasteiger partial charge is 0.467 e. The Kier molecular flexibility index (Phi) is 5.27. The SMILES string of the molecule is COC(=O)C(NC(=O)c1sc(Cl)c(Cl)c1C)c1cccs1. The van der Waals surface area contributed by atoms with Crippen LogP contribution in [0.5, 0.6) is 0 Å². The number of ether oxygens (including phenoxy) is 1. The molecule has 0 saturated carbocycles. The van der Waals surface area contributed by atoms with E-state index in [1.165, 1.54) is 18.4 Å². The van der Waals surface area contributed by atoms with E-state index in [0.29, 0.717) is 24.7 Å². The quantitative estimate of drug-likeness (QED) is 0.832. The Morgan fingerprint density at radius 1 is 1.38 bits per heavy atom. The highest BCUT2D eigenvalue weighted by atomic mass is 35.5. The van der Waals surface area contributed by atoms with Crippen molar-refractivity contribution >= 4 is 57.8 Å². The molecule has 1 atom stereocenters. The Hall–Kier alpha value is -1.08. The first-order valence-corrected chi connectivity index (χ1v) is 8.27. The van der Waals surface area contributed by atoms with Gasteiger partial charge in [-0.2, -0.15) is 0 Å². The van der Waals surface area contributed by atoms with Gasteiger partial charge < -0.3 is 10.1 Å². The van der Waals surface area contributed by atoms with Gasteiger partial charge in [0.1, 0.15) is 4.34 Å². The molecule has 21 heavy (non-hydrogen) atoms.